The lowest BCUT2D eigenvalue weighted by Crippen LogP contribution is -2.45. The van der Waals surface area contributed by atoms with E-state index in [1.165, 1.54) is 11.0 Å². The SMILES string of the molecule is [C-]#[N+]c1ccc(N2C(=S)N(c3ccc(C)cc3)C(C)(C)/C2=N\C(=S)NCC)cc1C(F)(F)F. The summed E-state index contributed by atoms with van der Waals surface area (Å²) >= 11 is 11.1. The number of anilines is 2. The average Bonchev–Trinajstić information content (AvgIpc) is 2.93. The largest absolute Gasteiger partial charge is 0.407 e. The van der Waals surface area contributed by atoms with Gasteiger partial charge in [-0.25, -0.2) is 9.84 Å². The zero-order valence-electron chi connectivity index (χ0n) is 18.5. The molecule has 172 valence electrons. The van der Waals surface area contributed by atoms with Crippen LogP contribution in [0.5, 0.6) is 0 Å². The summed E-state index contributed by atoms with van der Waals surface area (Å²) in [4.78, 5) is 10.9. The van der Waals surface area contributed by atoms with Gasteiger partial charge in [0.1, 0.15) is 11.4 Å². The molecule has 1 saturated heterocycles. The molecule has 1 aliphatic rings. The summed E-state index contributed by atoms with van der Waals surface area (Å²) < 4.78 is 41.0. The number of nitrogens with one attached hydrogen (secondary N) is 1. The highest BCUT2D eigenvalue weighted by Gasteiger charge is 2.49. The van der Waals surface area contributed by atoms with E-state index in [1.54, 1.807) is 0 Å². The molecular weight excluding hydrogens is 467 g/mol. The molecule has 0 spiro atoms. The smallest absolute Gasteiger partial charge is 0.361 e. The molecule has 1 aliphatic heterocycles. The predicted octanol–water partition coefficient (Wildman–Crippen LogP) is 6.25. The maximum Gasteiger partial charge on any atom is 0.407 e. The third-order valence-electron chi connectivity index (χ3n) is 5.19. The van der Waals surface area contributed by atoms with Crippen LogP contribution in [0.2, 0.25) is 0 Å². The Labute approximate surface area is 201 Å². The summed E-state index contributed by atoms with van der Waals surface area (Å²) in [5.41, 5.74) is -0.353. The number of halogens is 3. The Bertz CT molecular complexity index is 1160. The van der Waals surface area contributed by atoms with Gasteiger partial charge in [-0.3, -0.25) is 4.90 Å². The van der Waals surface area contributed by atoms with Gasteiger partial charge >= 0.3 is 6.18 Å². The molecule has 0 atom stereocenters. The van der Waals surface area contributed by atoms with Gasteiger partial charge in [-0.2, -0.15) is 13.2 Å². The summed E-state index contributed by atoms with van der Waals surface area (Å²) in [6.07, 6.45) is -4.69. The number of rotatable bonds is 3. The number of hydrogen-bond acceptors (Lipinski definition) is 2. The van der Waals surface area contributed by atoms with E-state index < -0.39 is 23.0 Å². The van der Waals surface area contributed by atoms with E-state index in [0.717, 1.165) is 23.4 Å². The molecule has 0 aliphatic carbocycles. The van der Waals surface area contributed by atoms with E-state index in [0.29, 0.717) is 12.4 Å². The van der Waals surface area contributed by atoms with E-state index in [1.807, 2.05) is 56.9 Å². The normalized spacial score (nSPS) is 16.8. The maximum absolute atomic E-state index is 13.7. The quantitative estimate of drug-likeness (QED) is 0.407. The fourth-order valence-corrected chi connectivity index (χ4v) is 4.38. The molecule has 0 amide bonds. The van der Waals surface area contributed by atoms with Crippen molar-refractivity contribution >= 4 is 57.6 Å². The highest BCUT2D eigenvalue weighted by molar-refractivity contribution is 7.81. The maximum atomic E-state index is 13.7. The van der Waals surface area contributed by atoms with Crippen molar-refractivity contribution in [1.29, 1.82) is 0 Å². The Balaban J connectivity index is 2.23. The van der Waals surface area contributed by atoms with Gasteiger partial charge in [-0.05, 0) is 76.4 Å². The molecule has 0 saturated carbocycles. The van der Waals surface area contributed by atoms with Crippen LogP contribution in [0.15, 0.2) is 47.5 Å². The lowest BCUT2D eigenvalue weighted by atomic mass is 10.0. The fraction of sp³-hybridized carbons (Fsp3) is 0.304. The Morgan fingerprint density at radius 1 is 1.15 bits per heavy atom. The fourth-order valence-electron chi connectivity index (χ4n) is 3.62. The van der Waals surface area contributed by atoms with Crippen LogP contribution >= 0.6 is 24.4 Å². The molecule has 0 unspecified atom stereocenters. The minimum atomic E-state index is -4.69. The van der Waals surface area contributed by atoms with E-state index in [2.05, 4.69) is 15.2 Å². The standard InChI is InChI=1S/C23H22F3N5S2/c1-6-28-20(32)29-19-22(3,4)31(15-9-7-14(2)8-10-15)21(33)30(19)16-11-12-18(27-5)17(13-16)23(24,25)26/h7-13H,6H2,1-4H3,(H,28,32)/b29-19+. The Hall–Kier alpha value is -3.03. The number of aryl methyl sites for hydroxylation is 1. The number of nitrogens with zero attached hydrogens (tertiary/aromatic N) is 4. The molecular formula is C23H22F3N5S2. The monoisotopic (exact) mass is 489 g/mol. The second-order valence-corrected chi connectivity index (χ2v) is 8.68. The second-order valence-electron chi connectivity index (χ2n) is 7.93. The topological polar surface area (TPSA) is 35.2 Å². The van der Waals surface area contributed by atoms with Gasteiger partial charge < -0.3 is 10.2 Å². The molecule has 1 N–H and O–H groups in total. The zero-order valence-corrected chi connectivity index (χ0v) is 20.1. The highest BCUT2D eigenvalue weighted by Crippen LogP contribution is 2.42. The third kappa shape index (κ3) is 4.70. The minimum absolute atomic E-state index is 0.153. The van der Waals surface area contributed by atoms with Gasteiger partial charge in [0, 0.05) is 17.9 Å². The highest BCUT2D eigenvalue weighted by atomic mass is 32.1. The summed E-state index contributed by atoms with van der Waals surface area (Å²) in [6.45, 7) is 15.2. The molecule has 0 radical (unpaired) electrons. The number of hydrogen-bond donors (Lipinski definition) is 1. The van der Waals surface area contributed by atoms with Gasteiger partial charge in [0.25, 0.3) is 0 Å². The van der Waals surface area contributed by atoms with Crippen LogP contribution in [0.3, 0.4) is 0 Å². The van der Waals surface area contributed by atoms with E-state index in [9.17, 15) is 13.2 Å². The van der Waals surface area contributed by atoms with Gasteiger partial charge in [0.2, 0.25) is 0 Å². The molecule has 2 aromatic carbocycles. The van der Waals surface area contributed by atoms with Crippen molar-refractivity contribution in [3.63, 3.8) is 0 Å². The number of aliphatic imine (C=N–C) groups is 1. The van der Waals surface area contributed by atoms with Gasteiger partial charge in [-0.1, -0.05) is 23.8 Å². The molecule has 5 nitrogen and oxygen atoms in total. The molecule has 0 aromatic heterocycles. The van der Waals surface area contributed by atoms with Gasteiger partial charge in [0.05, 0.1) is 12.1 Å². The van der Waals surface area contributed by atoms with E-state index in [-0.39, 0.29) is 15.9 Å². The number of benzene rings is 2. The van der Waals surface area contributed by atoms with Gasteiger partial charge in [-0.15, -0.1) is 0 Å². The lowest BCUT2D eigenvalue weighted by molar-refractivity contribution is -0.136. The van der Waals surface area contributed by atoms with Crippen LogP contribution in [0.1, 0.15) is 31.9 Å². The summed E-state index contributed by atoms with van der Waals surface area (Å²) in [7, 11) is 0. The first kappa shape index (κ1) is 24.6. The van der Waals surface area contributed by atoms with Crippen LogP contribution in [-0.2, 0) is 6.18 Å². The zero-order chi connectivity index (χ0) is 24.6. The van der Waals surface area contributed by atoms with E-state index >= 15 is 0 Å². The average molecular weight is 490 g/mol. The third-order valence-corrected chi connectivity index (χ3v) is 5.79. The first-order valence-electron chi connectivity index (χ1n) is 10.1. The van der Waals surface area contributed by atoms with Crippen molar-refractivity contribution < 1.29 is 13.2 Å². The van der Waals surface area contributed by atoms with Crippen LogP contribution in [0.25, 0.3) is 4.85 Å². The van der Waals surface area contributed by atoms with Gasteiger partial charge in [0.15, 0.2) is 15.9 Å². The van der Waals surface area contributed by atoms with Crippen molar-refractivity contribution in [3.05, 3.63) is 65.0 Å². The van der Waals surface area contributed by atoms with Crippen molar-refractivity contribution in [1.82, 2.24) is 5.32 Å². The van der Waals surface area contributed by atoms with E-state index in [4.69, 9.17) is 31.0 Å². The Kier molecular flexibility index (Phi) is 6.77. The number of alkyl halides is 3. The number of thiocarbonyl (C=S) groups is 2. The van der Waals surface area contributed by atoms with Crippen molar-refractivity contribution in [3.8, 4) is 0 Å². The molecule has 1 fully saturated rings. The molecule has 0 bridgehead atoms. The molecule has 1 heterocycles. The van der Waals surface area contributed by atoms with Crippen LogP contribution < -0.4 is 15.1 Å². The van der Waals surface area contributed by atoms with Crippen molar-refractivity contribution in [2.24, 2.45) is 4.99 Å². The first-order valence-corrected chi connectivity index (χ1v) is 10.9. The lowest BCUT2D eigenvalue weighted by Gasteiger charge is -2.31. The van der Waals surface area contributed by atoms with Crippen molar-refractivity contribution in [2.75, 3.05) is 16.3 Å². The summed E-state index contributed by atoms with van der Waals surface area (Å²) in [5, 5.41) is 3.41. The second kappa shape index (κ2) is 9.08. The predicted molar refractivity (Wildman–Crippen MR) is 134 cm³/mol. The molecule has 2 aromatic rings. The molecule has 33 heavy (non-hydrogen) atoms. The van der Waals surface area contributed by atoms with Crippen LogP contribution in [0.4, 0.5) is 30.2 Å². The van der Waals surface area contributed by atoms with Crippen LogP contribution in [-0.4, -0.2) is 28.1 Å². The Morgan fingerprint density at radius 2 is 1.76 bits per heavy atom. The summed E-state index contributed by atoms with van der Waals surface area (Å²) in [5.74, 6) is 0.378. The first-order chi connectivity index (χ1) is 15.4. The molecule has 3 rings (SSSR count). The van der Waals surface area contributed by atoms with Crippen LogP contribution in [0, 0.1) is 13.5 Å². The number of amidine groups is 1. The summed E-state index contributed by atoms with van der Waals surface area (Å²) in [6, 6.07) is 11.2. The minimum Gasteiger partial charge on any atom is -0.361 e. The Morgan fingerprint density at radius 3 is 2.30 bits per heavy atom. The van der Waals surface area contributed by atoms with Crippen molar-refractivity contribution in [2.45, 2.75) is 39.4 Å². The molecule has 10 heteroatoms.